The van der Waals surface area contributed by atoms with Gasteiger partial charge < -0.3 is 14.6 Å². The summed E-state index contributed by atoms with van der Waals surface area (Å²) in [4.78, 5) is 19.8. The van der Waals surface area contributed by atoms with Crippen molar-refractivity contribution in [1.29, 1.82) is 0 Å². The van der Waals surface area contributed by atoms with Crippen molar-refractivity contribution in [3.05, 3.63) is 51.9 Å². The predicted molar refractivity (Wildman–Crippen MR) is 117 cm³/mol. The van der Waals surface area contributed by atoms with Crippen molar-refractivity contribution >= 4 is 46.2 Å². The van der Waals surface area contributed by atoms with Gasteiger partial charge in [-0.2, -0.15) is 0 Å². The smallest absolute Gasteiger partial charge is 0.266 e. The van der Waals surface area contributed by atoms with Gasteiger partial charge in [0.1, 0.15) is 0 Å². The number of aliphatic imine (C=N–C) groups is 1. The number of halogens is 1. The van der Waals surface area contributed by atoms with Gasteiger partial charge in [-0.15, -0.1) is 0 Å². The minimum Gasteiger partial charge on any atom is -0.502 e. The zero-order valence-electron chi connectivity index (χ0n) is 16.3. The van der Waals surface area contributed by atoms with E-state index in [2.05, 4.69) is 4.99 Å². The Hall–Kier alpha value is -2.64. The maximum absolute atomic E-state index is 13.0. The number of hydrogen-bond acceptors (Lipinski definition) is 6. The molecule has 0 aromatic heterocycles. The van der Waals surface area contributed by atoms with Crippen molar-refractivity contribution in [2.45, 2.75) is 13.3 Å². The van der Waals surface area contributed by atoms with Gasteiger partial charge in [0.2, 0.25) is 5.75 Å². The molecule has 1 aliphatic rings. The summed E-state index contributed by atoms with van der Waals surface area (Å²) in [5.41, 5.74) is 1.40. The zero-order valence-corrected chi connectivity index (χ0v) is 17.9. The van der Waals surface area contributed by atoms with E-state index in [4.69, 9.17) is 21.1 Å². The molecule has 0 radical (unpaired) electrons. The second kappa shape index (κ2) is 9.24. The topological polar surface area (TPSA) is 71.4 Å². The summed E-state index contributed by atoms with van der Waals surface area (Å²) in [5.74, 6) is 0.343. The largest absolute Gasteiger partial charge is 0.502 e. The van der Waals surface area contributed by atoms with Gasteiger partial charge in [-0.25, -0.2) is 4.99 Å². The molecular weight excluding hydrogens is 412 g/mol. The van der Waals surface area contributed by atoms with E-state index >= 15 is 0 Å². The Morgan fingerprint density at radius 3 is 2.34 bits per heavy atom. The third-order valence-electron chi connectivity index (χ3n) is 4.19. The van der Waals surface area contributed by atoms with E-state index < -0.39 is 0 Å². The van der Waals surface area contributed by atoms with Crippen LogP contribution in [0.25, 0.3) is 6.08 Å². The number of carbonyl (C=O) groups excluding carboxylic acids is 1. The molecule has 3 rings (SSSR count). The zero-order chi connectivity index (χ0) is 21.0. The molecule has 1 saturated heterocycles. The molecule has 152 valence electrons. The summed E-state index contributed by atoms with van der Waals surface area (Å²) < 4.78 is 10.4. The number of amides is 1. The molecule has 29 heavy (non-hydrogen) atoms. The quantitative estimate of drug-likeness (QED) is 0.644. The highest BCUT2D eigenvalue weighted by Gasteiger charge is 2.32. The number of benzene rings is 2. The van der Waals surface area contributed by atoms with Crippen LogP contribution < -0.4 is 9.47 Å². The SMILES string of the molecule is CCCN1C(=O)/C(=C/c2cc(OC)c(O)c(OC)c2)SC1=Nc1ccc(Cl)cc1. The van der Waals surface area contributed by atoms with Crippen molar-refractivity contribution in [3.63, 3.8) is 0 Å². The molecule has 0 atom stereocenters. The molecule has 1 amide bonds. The van der Waals surface area contributed by atoms with Gasteiger partial charge >= 0.3 is 0 Å². The van der Waals surface area contributed by atoms with Crippen LogP contribution in [0.4, 0.5) is 5.69 Å². The molecule has 1 fully saturated rings. The van der Waals surface area contributed by atoms with Gasteiger partial charge in [-0.1, -0.05) is 18.5 Å². The average Bonchev–Trinajstić information content (AvgIpc) is 3.00. The van der Waals surface area contributed by atoms with Crippen LogP contribution in [-0.2, 0) is 4.79 Å². The lowest BCUT2D eigenvalue weighted by Crippen LogP contribution is -2.29. The lowest BCUT2D eigenvalue weighted by Gasteiger charge is -2.14. The van der Waals surface area contributed by atoms with Crippen LogP contribution in [0, 0.1) is 0 Å². The molecule has 0 bridgehead atoms. The fourth-order valence-electron chi connectivity index (χ4n) is 2.79. The van der Waals surface area contributed by atoms with E-state index in [1.165, 1.54) is 26.0 Å². The first kappa shape index (κ1) is 21.1. The Bertz CT molecular complexity index is 948. The number of ether oxygens (including phenoxy) is 2. The highest BCUT2D eigenvalue weighted by Crippen LogP contribution is 2.40. The molecule has 6 nitrogen and oxygen atoms in total. The molecule has 0 unspecified atom stereocenters. The number of phenols is 1. The number of aromatic hydroxyl groups is 1. The summed E-state index contributed by atoms with van der Waals surface area (Å²) in [7, 11) is 2.92. The lowest BCUT2D eigenvalue weighted by atomic mass is 10.1. The van der Waals surface area contributed by atoms with Crippen LogP contribution in [-0.4, -0.2) is 41.8 Å². The third kappa shape index (κ3) is 4.68. The molecule has 1 aliphatic heterocycles. The van der Waals surface area contributed by atoms with E-state index in [1.54, 1.807) is 35.2 Å². The van der Waals surface area contributed by atoms with Crippen molar-refractivity contribution in [2.75, 3.05) is 20.8 Å². The second-order valence-electron chi connectivity index (χ2n) is 6.21. The van der Waals surface area contributed by atoms with Crippen molar-refractivity contribution in [2.24, 2.45) is 4.99 Å². The molecule has 1 N–H and O–H groups in total. The minimum atomic E-state index is -0.115. The number of nitrogens with zero attached hydrogens (tertiary/aromatic N) is 2. The first-order valence-corrected chi connectivity index (χ1v) is 10.2. The monoisotopic (exact) mass is 432 g/mol. The van der Waals surface area contributed by atoms with Crippen LogP contribution in [0.15, 0.2) is 46.3 Å². The Morgan fingerprint density at radius 1 is 1.17 bits per heavy atom. The van der Waals surface area contributed by atoms with Crippen molar-refractivity contribution in [1.82, 2.24) is 4.90 Å². The fraction of sp³-hybridized carbons (Fsp3) is 0.238. The Morgan fingerprint density at radius 2 is 1.79 bits per heavy atom. The van der Waals surface area contributed by atoms with E-state index in [0.717, 1.165) is 12.1 Å². The highest BCUT2D eigenvalue weighted by atomic mass is 35.5. The first-order valence-electron chi connectivity index (χ1n) is 8.97. The lowest BCUT2D eigenvalue weighted by molar-refractivity contribution is -0.122. The minimum absolute atomic E-state index is 0.0832. The van der Waals surface area contributed by atoms with Crippen LogP contribution in [0.2, 0.25) is 5.02 Å². The van der Waals surface area contributed by atoms with E-state index in [1.807, 2.05) is 19.1 Å². The number of rotatable bonds is 6. The van der Waals surface area contributed by atoms with Crippen LogP contribution in [0.1, 0.15) is 18.9 Å². The fourth-order valence-corrected chi connectivity index (χ4v) is 3.94. The average molecular weight is 433 g/mol. The number of amidine groups is 1. The summed E-state index contributed by atoms with van der Waals surface area (Å²) in [6.45, 7) is 2.58. The number of thioether (sulfide) groups is 1. The number of phenolic OH excluding ortho intramolecular Hbond substituents is 1. The second-order valence-corrected chi connectivity index (χ2v) is 7.66. The van der Waals surface area contributed by atoms with E-state index in [-0.39, 0.29) is 23.2 Å². The molecule has 0 aliphatic carbocycles. The molecule has 0 saturated carbocycles. The van der Waals surface area contributed by atoms with Gasteiger partial charge in [0.25, 0.3) is 5.91 Å². The molecule has 8 heteroatoms. The van der Waals surface area contributed by atoms with Crippen LogP contribution in [0.3, 0.4) is 0 Å². The van der Waals surface area contributed by atoms with Gasteiger partial charge in [-0.05, 0) is 66.2 Å². The number of hydrogen-bond donors (Lipinski definition) is 1. The van der Waals surface area contributed by atoms with Gasteiger partial charge in [-0.3, -0.25) is 9.69 Å². The predicted octanol–water partition coefficient (Wildman–Crippen LogP) is 5.08. The van der Waals surface area contributed by atoms with Crippen LogP contribution >= 0.6 is 23.4 Å². The van der Waals surface area contributed by atoms with Gasteiger partial charge in [0.05, 0.1) is 24.8 Å². The Kier molecular flexibility index (Phi) is 6.71. The van der Waals surface area contributed by atoms with Crippen molar-refractivity contribution in [3.8, 4) is 17.2 Å². The summed E-state index contributed by atoms with van der Waals surface area (Å²) >= 11 is 7.24. The standard InChI is InChI=1S/C21H21ClN2O4S/c1-4-9-24-20(26)18(29-21(24)23-15-7-5-14(22)6-8-15)12-13-10-16(27-2)19(25)17(11-13)28-3/h5-8,10-12,25H,4,9H2,1-3H3/b18-12-,23-21?. The van der Waals surface area contributed by atoms with Crippen LogP contribution in [0.5, 0.6) is 17.2 Å². The summed E-state index contributed by atoms with van der Waals surface area (Å²) in [5, 5.41) is 11.3. The molecule has 0 spiro atoms. The normalized spacial score (nSPS) is 16.7. The summed E-state index contributed by atoms with van der Waals surface area (Å²) in [6, 6.07) is 10.4. The highest BCUT2D eigenvalue weighted by molar-refractivity contribution is 8.18. The number of methoxy groups -OCH3 is 2. The maximum Gasteiger partial charge on any atom is 0.266 e. The Labute approximate surface area is 178 Å². The maximum atomic E-state index is 13.0. The van der Waals surface area contributed by atoms with Gasteiger partial charge in [0.15, 0.2) is 16.7 Å². The number of carbonyl (C=O) groups is 1. The van der Waals surface area contributed by atoms with E-state index in [0.29, 0.717) is 27.2 Å². The molecule has 2 aromatic rings. The molecule has 1 heterocycles. The molecule has 2 aromatic carbocycles. The van der Waals surface area contributed by atoms with Crippen molar-refractivity contribution < 1.29 is 19.4 Å². The summed E-state index contributed by atoms with van der Waals surface area (Å²) in [6.07, 6.45) is 2.55. The third-order valence-corrected chi connectivity index (χ3v) is 5.45. The first-order chi connectivity index (χ1) is 14.0. The Balaban J connectivity index is 1.98. The van der Waals surface area contributed by atoms with Gasteiger partial charge in [0, 0.05) is 11.6 Å². The van der Waals surface area contributed by atoms with E-state index in [9.17, 15) is 9.90 Å². The molecular formula is C21H21ClN2O4S.